The van der Waals surface area contributed by atoms with Crippen molar-refractivity contribution in [2.75, 3.05) is 7.11 Å². The van der Waals surface area contributed by atoms with Crippen LogP contribution in [0.15, 0.2) is 42.5 Å². The van der Waals surface area contributed by atoms with E-state index in [1.807, 2.05) is 31.2 Å². The lowest BCUT2D eigenvalue weighted by Gasteiger charge is -2.06. The summed E-state index contributed by atoms with van der Waals surface area (Å²) < 4.78 is 5.11. The molecule has 92 valence electrons. The van der Waals surface area contributed by atoms with E-state index in [0.717, 1.165) is 5.56 Å². The fraction of sp³-hybridized carbons (Fsp3) is 0.133. The summed E-state index contributed by atoms with van der Waals surface area (Å²) in [5.41, 5.74) is 2.35. The van der Waals surface area contributed by atoms with Crippen LogP contribution in [0.4, 0.5) is 0 Å². The van der Waals surface area contributed by atoms with Crippen LogP contribution in [0.1, 0.15) is 21.5 Å². The van der Waals surface area contributed by atoms with E-state index in [2.05, 4.69) is 0 Å². The molecule has 0 aliphatic rings. The first-order valence-corrected chi connectivity index (χ1v) is 5.94. The minimum absolute atomic E-state index is 0.0371. The Kier molecular flexibility index (Phi) is 3.68. The van der Waals surface area contributed by atoms with Gasteiger partial charge in [0.25, 0.3) is 0 Å². The van der Waals surface area contributed by atoms with Crippen LogP contribution in [-0.4, -0.2) is 12.9 Å². The molecule has 0 atom stereocenters. The Labute approximate surface area is 111 Å². The molecule has 0 bridgehead atoms. The van der Waals surface area contributed by atoms with Crippen molar-refractivity contribution in [3.63, 3.8) is 0 Å². The Hall–Kier alpha value is -1.80. The number of halogens is 1. The monoisotopic (exact) mass is 260 g/mol. The second kappa shape index (κ2) is 5.23. The number of ketones is 1. The molecule has 2 aromatic carbocycles. The van der Waals surface area contributed by atoms with Gasteiger partial charge in [0.05, 0.1) is 12.1 Å². The lowest BCUT2D eigenvalue weighted by molar-refractivity contribution is 0.103. The van der Waals surface area contributed by atoms with Gasteiger partial charge in [0, 0.05) is 11.1 Å². The molecule has 3 heteroatoms. The van der Waals surface area contributed by atoms with Crippen LogP contribution in [0.3, 0.4) is 0 Å². The molecule has 0 saturated heterocycles. The number of aryl methyl sites for hydroxylation is 1. The van der Waals surface area contributed by atoms with Gasteiger partial charge < -0.3 is 4.74 Å². The fourth-order valence-electron chi connectivity index (χ4n) is 1.67. The number of hydrogen-bond acceptors (Lipinski definition) is 2. The van der Waals surface area contributed by atoms with Crippen molar-refractivity contribution in [1.82, 2.24) is 0 Å². The number of methoxy groups -OCH3 is 1. The van der Waals surface area contributed by atoms with E-state index < -0.39 is 0 Å². The summed E-state index contributed by atoms with van der Waals surface area (Å²) >= 11 is 5.93. The number of benzene rings is 2. The summed E-state index contributed by atoms with van der Waals surface area (Å²) in [5.74, 6) is 0.472. The van der Waals surface area contributed by atoms with E-state index in [0.29, 0.717) is 21.9 Å². The Bertz CT molecular complexity index is 574. The molecule has 0 fully saturated rings. The average molecular weight is 261 g/mol. The van der Waals surface area contributed by atoms with Gasteiger partial charge in [-0.15, -0.1) is 0 Å². The summed E-state index contributed by atoms with van der Waals surface area (Å²) in [6, 6.07) is 12.5. The molecule has 0 heterocycles. The molecule has 0 aliphatic carbocycles. The highest BCUT2D eigenvalue weighted by Crippen LogP contribution is 2.26. The molecule has 2 aromatic rings. The highest BCUT2D eigenvalue weighted by molar-refractivity contribution is 6.32. The van der Waals surface area contributed by atoms with Gasteiger partial charge in [0.2, 0.25) is 0 Å². The van der Waals surface area contributed by atoms with Gasteiger partial charge in [0.1, 0.15) is 5.75 Å². The van der Waals surface area contributed by atoms with Gasteiger partial charge in [-0.05, 0) is 25.1 Å². The normalized spacial score (nSPS) is 10.2. The molecule has 0 aliphatic heterocycles. The second-order valence-corrected chi connectivity index (χ2v) is 4.45. The smallest absolute Gasteiger partial charge is 0.193 e. The zero-order valence-corrected chi connectivity index (χ0v) is 11.0. The van der Waals surface area contributed by atoms with Crippen molar-refractivity contribution in [2.45, 2.75) is 6.92 Å². The highest BCUT2D eigenvalue weighted by atomic mass is 35.5. The van der Waals surface area contributed by atoms with Crippen LogP contribution in [-0.2, 0) is 0 Å². The van der Waals surface area contributed by atoms with E-state index in [-0.39, 0.29) is 5.78 Å². The molecular weight excluding hydrogens is 248 g/mol. The van der Waals surface area contributed by atoms with Crippen LogP contribution in [0.5, 0.6) is 5.75 Å². The van der Waals surface area contributed by atoms with E-state index in [1.165, 1.54) is 7.11 Å². The van der Waals surface area contributed by atoms with Gasteiger partial charge >= 0.3 is 0 Å². The molecule has 0 radical (unpaired) electrons. The van der Waals surface area contributed by atoms with Gasteiger partial charge in [-0.1, -0.05) is 41.4 Å². The van der Waals surface area contributed by atoms with Gasteiger partial charge in [-0.25, -0.2) is 0 Å². The first-order valence-electron chi connectivity index (χ1n) is 5.56. The van der Waals surface area contributed by atoms with Crippen LogP contribution in [0.25, 0.3) is 0 Å². The van der Waals surface area contributed by atoms with E-state index in [1.54, 1.807) is 18.2 Å². The maximum absolute atomic E-state index is 12.2. The SMILES string of the molecule is COc1cc(C(=O)c2ccc(C)cc2)ccc1Cl. The molecule has 18 heavy (non-hydrogen) atoms. The Morgan fingerprint density at radius 2 is 1.67 bits per heavy atom. The van der Waals surface area contributed by atoms with E-state index >= 15 is 0 Å². The summed E-state index contributed by atoms with van der Waals surface area (Å²) in [4.78, 5) is 12.2. The van der Waals surface area contributed by atoms with Crippen molar-refractivity contribution in [1.29, 1.82) is 0 Å². The third-order valence-electron chi connectivity index (χ3n) is 2.73. The standard InChI is InChI=1S/C15H13ClO2/c1-10-3-5-11(6-4-10)15(17)12-7-8-13(16)14(9-12)18-2/h3-9H,1-2H3. The molecular formula is C15H13ClO2. The molecule has 0 unspecified atom stereocenters. The lowest BCUT2D eigenvalue weighted by Crippen LogP contribution is -2.01. The molecule has 0 spiro atoms. The third-order valence-corrected chi connectivity index (χ3v) is 3.04. The quantitative estimate of drug-likeness (QED) is 0.783. The van der Waals surface area contributed by atoms with Gasteiger partial charge in [-0.3, -0.25) is 4.79 Å². The zero-order valence-electron chi connectivity index (χ0n) is 10.2. The van der Waals surface area contributed by atoms with Crippen molar-refractivity contribution < 1.29 is 9.53 Å². The van der Waals surface area contributed by atoms with Crippen LogP contribution < -0.4 is 4.74 Å². The van der Waals surface area contributed by atoms with Crippen molar-refractivity contribution in [3.8, 4) is 5.75 Å². The Morgan fingerprint density at radius 3 is 2.28 bits per heavy atom. The van der Waals surface area contributed by atoms with Crippen molar-refractivity contribution in [2.24, 2.45) is 0 Å². The maximum Gasteiger partial charge on any atom is 0.193 e. The summed E-state index contributed by atoms with van der Waals surface area (Å²) in [5, 5.41) is 0.498. The number of rotatable bonds is 3. The third kappa shape index (κ3) is 2.54. The highest BCUT2D eigenvalue weighted by Gasteiger charge is 2.11. The largest absolute Gasteiger partial charge is 0.495 e. The van der Waals surface area contributed by atoms with E-state index in [4.69, 9.17) is 16.3 Å². The molecule has 2 nitrogen and oxygen atoms in total. The Balaban J connectivity index is 2.37. The summed E-state index contributed by atoms with van der Waals surface area (Å²) in [6.45, 7) is 1.99. The van der Waals surface area contributed by atoms with Crippen LogP contribution in [0.2, 0.25) is 5.02 Å². The van der Waals surface area contributed by atoms with Crippen LogP contribution in [0, 0.1) is 6.92 Å². The minimum Gasteiger partial charge on any atom is -0.495 e. The van der Waals surface area contributed by atoms with Gasteiger partial charge in [0.15, 0.2) is 5.78 Å². The predicted octanol–water partition coefficient (Wildman–Crippen LogP) is 3.89. The molecule has 2 rings (SSSR count). The number of carbonyl (C=O) groups excluding carboxylic acids is 1. The number of hydrogen-bond donors (Lipinski definition) is 0. The van der Waals surface area contributed by atoms with Crippen LogP contribution >= 0.6 is 11.6 Å². The van der Waals surface area contributed by atoms with E-state index in [9.17, 15) is 4.79 Å². The molecule has 0 N–H and O–H groups in total. The second-order valence-electron chi connectivity index (χ2n) is 4.04. The minimum atomic E-state index is -0.0371. The number of carbonyl (C=O) groups is 1. The molecule has 0 saturated carbocycles. The van der Waals surface area contributed by atoms with Crippen molar-refractivity contribution >= 4 is 17.4 Å². The molecule has 0 aromatic heterocycles. The van der Waals surface area contributed by atoms with Gasteiger partial charge in [-0.2, -0.15) is 0 Å². The predicted molar refractivity (Wildman–Crippen MR) is 72.6 cm³/mol. The average Bonchev–Trinajstić information content (AvgIpc) is 2.39. The fourth-order valence-corrected chi connectivity index (χ4v) is 1.87. The molecule has 0 amide bonds. The van der Waals surface area contributed by atoms with Crippen molar-refractivity contribution in [3.05, 3.63) is 64.2 Å². The first-order chi connectivity index (χ1) is 8.61. The lowest BCUT2D eigenvalue weighted by atomic mass is 10.0. The topological polar surface area (TPSA) is 26.3 Å². The number of ether oxygens (including phenoxy) is 1. The first kappa shape index (κ1) is 12.7. The summed E-state index contributed by atoms with van der Waals surface area (Å²) in [7, 11) is 1.53. The Morgan fingerprint density at radius 1 is 1.06 bits per heavy atom. The zero-order chi connectivity index (χ0) is 13.1. The maximum atomic E-state index is 12.2. The summed E-state index contributed by atoms with van der Waals surface area (Å²) in [6.07, 6.45) is 0.